The number of carbonyl (C=O) groups is 1. The zero-order valence-electron chi connectivity index (χ0n) is 10.5. The van der Waals surface area contributed by atoms with Gasteiger partial charge in [-0.2, -0.15) is 16.4 Å². The van der Waals surface area contributed by atoms with E-state index in [4.69, 9.17) is 0 Å². The molecule has 0 N–H and O–H groups in total. The Labute approximate surface area is 136 Å². The highest BCUT2D eigenvalue weighted by Crippen LogP contribution is 2.16. The number of nitrogens with zero attached hydrogens (tertiary/aromatic N) is 3. The minimum Gasteiger partial charge on any atom is -0.340 e. The fourth-order valence-corrected chi connectivity index (χ4v) is 2.78. The molecule has 0 bridgehead atoms. The number of amides is 1. The molecule has 0 aliphatic heterocycles. The Morgan fingerprint density at radius 3 is 2.90 bits per heavy atom. The molecule has 0 aliphatic carbocycles. The normalized spacial score (nSPS) is 10.6. The Hall–Kier alpha value is -0.990. The summed E-state index contributed by atoms with van der Waals surface area (Å²) < 4.78 is 2.07. The van der Waals surface area contributed by atoms with E-state index < -0.39 is 0 Å². The topological polar surface area (TPSA) is 55.2 Å². The number of carbonyl (C=O) groups excluding carboxylic acids is 1. The summed E-state index contributed by atoms with van der Waals surface area (Å²) in [6.45, 7) is 0.445. The summed E-state index contributed by atoms with van der Waals surface area (Å²) >= 11 is 7.95. The fourth-order valence-electron chi connectivity index (χ4n) is 1.55. The van der Waals surface area contributed by atoms with Crippen LogP contribution in [0.15, 0.2) is 36.8 Å². The van der Waals surface area contributed by atoms with Crippen LogP contribution in [-0.4, -0.2) is 27.6 Å². The van der Waals surface area contributed by atoms with Gasteiger partial charge in [-0.1, -0.05) is 0 Å². The number of aromatic nitrogens is 2. The standard InChI is InChI=1S/C12H11Br2N3O2S/c1-16(5-8-2-3-20-7-8)10(18)6-17-12(19)11(14)9(13)4-15-17/h2-4,7H,5-6H2,1H3. The molecule has 0 saturated heterocycles. The zero-order chi connectivity index (χ0) is 14.7. The number of halogens is 2. The van der Waals surface area contributed by atoms with E-state index in [1.54, 1.807) is 23.3 Å². The number of rotatable bonds is 4. The van der Waals surface area contributed by atoms with E-state index in [1.165, 1.54) is 6.20 Å². The van der Waals surface area contributed by atoms with Crippen LogP contribution in [0, 0.1) is 0 Å². The van der Waals surface area contributed by atoms with E-state index in [1.807, 2.05) is 16.8 Å². The molecule has 0 spiro atoms. The molecule has 5 nitrogen and oxygen atoms in total. The van der Waals surface area contributed by atoms with Crippen LogP contribution in [0.5, 0.6) is 0 Å². The van der Waals surface area contributed by atoms with Crippen molar-refractivity contribution < 1.29 is 4.79 Å². The lowest BCUT2D eigenvalue weighted by Crippen LogP contribution is -2.34. The molecule has 0 unspecified atom stereocenters. The average Bonchev–Trinajstić information content (AvgIpc) is 2.92. The molecule has 0 fully saturated rings. The third-order valence-electron chi connectivity index (χ3n) is 2.65. The molecule has 0 atom stereocenters. The average molecular weight is 421 g/mol. The second kappa shape index (κ2) is 6.64. The molecular formula is C12H11Br2N3O2S. The molecule has 2 rings (SSSR count). The van der Waals surface area contributed by atoms with Crippen LogP contribution in [0.2, 0.25) is 0 Å². The monoisotopic (exact) mass is 419 g/mol. The lowest BCUT2D eigenvalue weighted by Gasteiger charge is -2.16. The van der Waals surface area contributed by atoms with Gasteiger partial charge in [-0.05, 0) is 54.2 Å². The van der Waals surface area contributed by atoms with Gasteiger partial charge in [0.05, 0.1) is 10.7 Å². The summed E-state index contributed by atoms with van der Waals surface area (Å²) in [5, 5.41) is 7.89. The maximum Gasteiger partial charge on any atom is 0.282 e. The van der Waals surface area contributed by atoms with Crippen LogP contribution >= 0.6 is 43.2 Å². The van der Waals surface area contributed by atoms with E-state index in [0.29, 0.717) is 15.5 Å². The van der Waals surface area contributed by atoms with Crippen LogP contribution in [-0.2, 0) is 17.9 Å². The molecular weight excluding hydrogens is 410 g/mol. The van der Waals surface area contributed by atoms with Crippen molar-refractivity contribution in [3.63, 3.8) is 0 Å². The highest BCUT2D eigenvalue weighted by atomic mass is 79.9. The van der Waals surface area contributed by atoms with Gasteiger partial charge in [-0.3, -0.25) is 9.59 Å². The van der Waals surface area contributed by atoms with Crippen molar-refractivity contribution in [3.05, 3.63) is 47.9 Å². The predicted octanol–water partition coefficient (Wildman–Crippen LogP) is 2.49. The van der Waals surface area contributed by atoms with Crippen molar-refractivity contribution in [3.8, 4) is 0 Å². The lowest BCUT2D eigenvalue weighted by molar-refractivity contribution is -0.131. The second-order valence-corrected chi connectivity index (χ2v) is 6.58. The van der Waals surface area contributed by atoms with Crippen molar-refractivity contribution in [2.24, 2.45) is 0 Å². The van der Waals surface area contributed by atoms with Crippen LogP contribution in [0.1, 0.15) is 5.56 Å². The SMILES string of the molecule is CN(Cc1ccsc1)C(=O)Cn1ncc(Br)c(Br)c1=O. The van der Waals surface area contributed by atoms with Gasteiger partial charge in [0, 0.05) is 13.6 Å². The summed E-state index contributed by atoms with van der Waals surface area (Å²) in [4.78, 5) is 25.6. The molecule has 2 aromatic rings. The highest BCUT2D eigenvalue weighted by molar-refractivity contribution is 9.13. The first-order valence-electron chi connectivity index (χ1n) is 5.65. The van der Waals surface area contributed by atoms with Gasteiger partial charge in [-0.25, -0.2) is 4.68 Å². The molecule has 20 heavy (non-hydrogen) atoms. The molecule has 0 saturated carbocycles. The van der Waals surface area contributed by atoms with Gasteiger partial charge in [0.25, 0.3) is 5.56 Å². The van der Waals surface area contributed by atoms with E-state index in [9.17, 15) is 9.59 Å². The van der Waals surface area contributed by atoms with Gasteiger partial charge >= 0.3 is 0 Å². The summed E-state index contributed by atoms with van der Waals surface area (Å²) in [6.07, 6.45) is 1.48. The first-order chi connectivity index (χ1) is 9.49. The van der Waals surface area contributed by atoms with E-state index in [0.717, 1.165) is 10.2 Å². The largest absolute Gasteiger partial charge is 0.340 e. The third kappa shape index (κ3) is 3.56. The van der Waals surface area contributed by atoms with Crippen molar-refractivity contribution in [1.29, 1.82) is 0 Å². The minimum atomic E-state index is -0.336. The van der Waals surface area contributed by atoms with Crippen LogP contribution in [0.4, 0.5) is 0 Å². The Morgan fingerprint density at radius 2 is 2.25 bits per heavy atom. The van der Waals surface area contributed by atoms with Crippen molar-refractivity contribution >= 4 is 49.1 Å². The Morgan fingerprint density at radius 1 is 1.50 bits per heavy atom. The molecule has 8 heteroatoms. The maximum absolute atomic E-state index is 12.1. The number of hydrogen-bond acceptors (Lipinski definition) is 4. The predicted molar refractivity (Wildman–Crippen MR) is 84.7 cm³/mol. The molecule has 2 aromatic heterocycles. The minimum absolute atomic E-state index is 0.0780. The Kier molecular flexibility index (Phi) is 5.11. The van der Waals surface area contributed by atoms with E-state index in [-0.39, 0.29) is 18.0 Å². The maximum atomic E-state index is 12.1. The van der Waals surface area contributed by atoms with Gasteiger partial charge in [0.15, 0.2) is 0 Å². The molecule has 106 valence electrons. The molecule has 0 aliphatic rings. The molecule has 1 amide bonds. The highest BCUT2D eigenvalue weighted by Gasteiger charge is 2.14. The molecule has 0 aromatic carbocycles. The number of thiophene rings is 1. The van der Waals surface area contributed by atoms with Gasteiger partial charge in [-0.15, -0.1) is 0 Å². The van der Waals surface area contributed by atoms with Gasteiger partial charge < -0.3 is 4.90 Å². The van der Waals surface area contributed by atoms with Gasteiger partial charge in [0.2, 0.25) is 5.91 Å². The summed E-state index contributed by atoms with van der Waals surface area (Å²) in [6, 6.07) is 1.97. The van der Waals surface area contributed by atoms with Crippen molar-refractivity contribution in [1.82, 2.24) is 14.7 Å². The van der Waals surface area contributed by atoms with Crippen molar-refractivity contribution in [2.45, 2.75) is 13.1 Å². The zero-order valence-corrected chi connectivity index (χ0v) is 14.5. The molecule has 0 radical (unpaired) electrons. The van der Waals surface area contributed by atoms with Crippen LogP contribution in [0.3, 0.4) is 0 Å². The Bertz CT molecular complexity index is 670. The summed E-state index contributed by atoms with van der Waals surface area (Å²) in [7, 11) is 1.71. The van der Waals surface area contributed by atoms with Crippen molar-refractivity contribution in [2.75, 3.05) is 7.05 Å². The van der Waals surface area contributed by atoms with Crippen LogP contribution < -0.4 is 5.56 Å². The van der Waals surface area contributed by atoms with Gasteiger partial charge in [0.1, 0.15) is 11.0 Å². The smallest absolute Gasteiger partial charge is 0.282 e. The summed E-state index contributed by atoms with van der Waals surface area (Å²) in [5.74, 6) is -0.167. The lowest BCUT2D eigenvalue weighted by atomic mass is 10.3. The Balaban J connectivity index is 2.08. The van der Waals surface area contributed by atoms with E-state index >= 15 is 0 Å². The second-order valence-electron chi connectivity index (χ2n) is 4.15. The number of hydrogen-bond donors (Lipinski definition) is 0. The van der Waals surface area contributed by atoms with Crippen LogP contribution in [0.25, 0.3) is 0 Å². The van der Waals surface area contributed by atoms with E-state index in [2.05, 4.69) is 37.0 Å². The molecule has 2 heterocycles. The third-order valence-corrected chi connectivity index (χ3v) is 5.28. The number of likely N-dealkylation sites (N-methyl/N-ethyl adjacent to an activating group) is 1. The quantitative estimate of drug-likeness (QED) is 0.763. The fraction of sp³-hybridized carbons (Fsp3) is 0.250. The summed E-state index contributed by atoms with van der Waals surface area (Å²) in [5.41, 5.74) is 0.736. The first kappa shape index (κ1) is 15.4. The first-order valence-corrected chi connectivity index (χ1v) is 8.18.